The van der Waals surface area contributed by atoms with Crippen LogP contribution >= 0.6 is 15.9 Å². The Bertz CT molecular complexity index is 474. The Morgan fingerprint density at radius 2 is 2.16 bits per heavy atom. The third-order valence-corrected chi connectivity index (χ3v) is 3.87. The first-order chi connectivity index (χ1) is 8.85. The summed E-state index contributed by atoms with van der Waals surface area (Å²) in [6.45, 7) is 5.74. The zero-order valence-electron chi connectivity index (χ0n) is 11.8. The van der Waals surface area contributed by atoms with Gasteiger partial charge in [0, 0.05) is 4.47 Å². The van der Waals surface area contributed by atoms with Crippen LogP contribution in [0.25, 0.3) is 0 Å². The first-order valence-electron chi connectivity index (χ1n) is 6.85. The summed E-state index contributed by atoms with van der Waals surface area (Å²) in [5, 5.41) is 0. The number of benzene rings is 1. The molecule has 0 heterocycles. The smallest absolute Gasteiger partial charge is 0.306 e. The lowest BCUT2D eigenvalue weighted by molar-refractivity contribution is -0.155. The van der Waals surface area contributed by atoms with E-state index in [1.54, 1.807) is 0 Å². The lowest BCUT2D eigenvalue weighted by Crippen LogP contribution is -2.25. The largest absolute Gasteiger partial charge is 0.460 e. The summed E-state index contributed by atoms with van der Waals surface area (Å²) < 4.78 is 6.55. The minimum absolute atomic E-state index is 0.0896. The number of esters is 1. The number of carbonyl (C=O) groups is 1. The molecule has 0 amide bonds. The topological polar surface area (TPSA) is 26.3 Å². The standard InChI is InChI=1S/C16H21BrO2/c1-16(2,3)19-15(18)10-12-6-4-5-11-9-13(17)7-8-14(11)12/h7-9,12H,4-6,10H2,1-3H3. The van der Waals surface area contributed by atoms with Crippen molar-refractivity contribution in [1.29, 1.82) is 0 Å². The molecule has 1 aromatic carbocycles. The van der Waals surface area contributed by atoms with E-state index in [4.69, 9.17) is 4.74 Å². The highest BCUT2D eigenvalue weighted by Crippen LogP contribution is 2.35. The molecule has 2 rings (SSSR count). The molecule has 1 aromatic rings. The average Bonchev–Trinajstić information content (AvgIpc) is 2.26. The third-order valence-electron chi connectivity index (χ3n) is 3.38. The summed E-state index contributed by atoms with van der Waals surface area (Å²) in [5.74, 6) is 0.222. The second kappa shape index (κ2) is 5.66. The second-order valence-electron chi connectivity index (χ2n) is 6.22. The maximum Gasteiger partial charge on any atom is 0.306 e. The molecule has 1 atom stereocenters. The Hall–Kier alpha value is -0.830. The van der Waals surface area contributed by atoms with E-state index in [2.05, 4.69) is 34.1 Å². The maximum atomic E-state index is 12.0. The zero-order chi connectivity index (χ0) is 14.0. The molecule has 104 valence electrons. The summed E-state index contributed by atoms with van der Waals surface area (Å²) in [6.07, 6.45) is 3.83. The van der Waals surface area contributed by atoms with Crippen LogP contribution in [0.5, 0.6) is 0 Å². The van der Waals surface area contributed by atoms with Crippen molar-refractivity contribution in [3.05, 3.63) is 33.8 Å². The fourth-order valence-corrected chi connectivity index (χ4v) is 3.09. The van der Waals surface area contributed by atoms with Crippen molar-refractivity contribution in [3.63, 3.8) is 0 Å². The number of hydrogen-bond acceptors (Lipinski definition) is 2. The van der Waals surface area contributed by atoms with Crippen LogP contribution in [0.15, 0.2) is 22.7 Å². The van der Waals surface area contributed by atoms with Gasteiger partial charge in [-0.05, 0) is 69.2 Å². The molecular weight excluding hydrogens is 304 g/mol. The molecular formula is C16H21BrO2. The number of carbonyl (C=O) groups excluding carboxylic acids is 1. The van der Waals surface area contributed by atoms with Crippen molar-refractivity contribution < 1.29 is 9.53 Å². The molecule has 0 radical (unpaired) electrons. The van der Waals surface area contributed by atoms with Gasteiger partial charge in [0.05, 0.1) is 6.42 Å². The van der Waals surface area contributed by atoms with Crippen LogP contribution in [0.1, 0.15) is 57.1 Å². The minimum Gasteiger partial charge on any atom is -0.460 e. The van der Waals surface area contributed by atoms with Crippen LogP contribution in [0.2, 0.25) is 0 Å². The van der Waals surface area contributed by atoms with Crippen LogP contribution in [-0.2, 0) is 16.0 Å². The normalized spacial score (nSPS) is 18.8. The number of ether oxygens (including phenoxy) is 1. The van der Waals surface area contributed by atoms with Gasteiger partial charge in [-0.2, -0.15) is 0 Å². The van der Waals surface area contributed by atoms with Gasteiger partial charge in [-0.1, -0.05) is 22.0 Å². The molecule has 0 saturated heterocycles. The molecule has 1 aliphatic carbocycles. The number of rotatable bonds is 2. The van der Waals surface area contributed by atoms with E-state index >= 15 is 0 Å². The van der Waals surface area contributed by atoms with Crippen LogP contribution in [0.4, 0.5) is 0 Å². The van der Waals surface area contributed by atoms with E-state index in [0.29, 0.717) is 12.3 Å². The fraction of sp³-hybridized carbons (Fsp3) is 0.562. The monoisotopic (exact) mass is 324 g/mol. The van der Waals surface area contributed by atoms with Crippen molar-refractivity contribution >= 4 is 21.9 Å². The molecule has 1 unspecified atom stereocenters. The SMILES string of the molecule is CC(C)(C)OC(=O)CC1CCCc2cc(Br)ccc21. The molecule has 19 heavy (non-hydrogen) atoms. The third kappa shape index (κ3) is 4.07. The Morgan fingerprint density at radius 1 is 1.42 bits per heavy atom. The Labute approximate surface area is 123 Å². The van der Waals surface area contributed by atoms with E-state index < -0.39 is 5.60 Å². The van der Waals surface area contributed by atoms with E-state index in [0.717, 1.165) is 23.7 Å². The van der Waals surface area contributed by atoms with Crippen molar-refractivity contribution in [2.75, 3.05) is 0 Å². The number of halogens is 1. The number of hydrogen-bond donors (Lipinski definition) is 0. The average molecular weight is 325 g/mol. The first-order valence-corrected chi connectivity index (χ1v) is 7.64. The molecule has 0 spiro atoms. The van der Waals surface area contributed by atoms with Crippen molar-refractivity contribution in [3.8, 4) is 0 Å². The van der Waals surface area contributed by atoms with E-state index in [1.807, 2.05) is 20.8 Å². The fourth-order valence-electron chi connectivity index (χ4n) is 2.68. The van der Waals surface area contributed by atoms with Gasteiger partial charge in [0.15, 0.2) is 0 Å². The molecule has 0 saturated carbocycles. The summed E-state index contributed by atoms with van der Waals surface area (Å²) in [6, 6.07) is 6.39. The van der Waals surface area contributed by atoms with Crippen molar-refractivity contribution in [1.82, 2.24) is 0 Å². The van der Waals surface area contributed by atoms with Crippen LogP contribution in [-0.4, -0.2) is 11.6 Å². The molecule has 1 aliphatic rings. The Balaban J connectivity index is 2.09. The van der Waals surface area contributed by atoms with Crippen molar-refractivity contribution in [2.24, 2.45) is 0 Å². The molecule has 2 nitrogen and oxygen atoms in total. The van der Waals surface area contributed by atoms with E-state index in [-0.39, 0.29) is 5.97 Å². The maximum absolute atomic E-state index is 12.0. The van der Waals surface area contributed by atoms with Gasteiger partial charge in [-0.15, -0.1) is 0 Å². The summed E-state index contributed by atoms with van der Waals surface area (Å²) in [7, 11) is 0. The molecule has 3 heteroatoms. The van der Waals surface area contributed by atoms with Crippen LogP contribution in [0.3, 0.4) is 0 Å². The van der Waals surface area contributed by atoms with Crippen molar-refractivity contribution in [2.45, 2.75) is 58.0 Å². The van der Waals surface area contributed by atoms with Gasteiger partial charge in [0.2, 0.25) is 0 Å². The van der Waals surface area contributed by atoms with Crippen LogP contribution in [0, 0.1) is 0 Å². The molecule has 0 bridgehead atoms. The first kappa shape index (κ1) is 14.6. The number of aryl methyl sites for hydroxylation is 1. The summed E-state index contributed by atoms with van der Waals surface area (Å²) in [4.78, 5) is 12.0. The Kier molecular flexibility index (Phi) is 4.34. The molecule has 0 fully saturated rings. The van der Waals surface area contributed by atoms with Gasteiger partial charge in [-0.25, -0.2) is 0 Å². The molecule has 0 N–H and O–H groups in total. The number of fused-ring (bicyclic) bond motifs is 1. The second-order valence-corrected chi connectivity index (χ2v) is 7.14. The van der Waals surface area contributed by atoms with E-state index in [1.165, 1.54) is 11.1 Å². The van der Waals surface area contributed by atoms with E-state index in [9.17, 15) is 4.79 Å². The minimum atomic E-state index is -0.395. The predicted octanol–water partition coefficient (Wildman–Crippen LogP) is 4.60. The lowest BCUT2D eigenvalue weighted by Gasteiger charge is -2.27. The predicted molar refractivity (Wildman–Crippen MR) is 80.3 cm³/mol. The van der Waals surface area contributed by atoms with Gasteiger partial charge in [-0.3, -0.25) is 4.79 Å². The molecule has 0 aromatic heterocycles. The highest BCUT2D eigenvalue weighted by molar-refractivity contribution is 9.10. The zero-order valence-corrected chi connectivity index (χ0v) is 13.4. The quantitative estimate of drug-likeness (QED) is 0.743. The van der Waals surface area contributed by atoms with Crippen LogP contribution < -0.4 is 0 Å². The summed E-state index contributed by atoms with van der Waals surface area (Å²) in [5.41, 5.74) is 2.29. The highest BCUT2D eigenvalue weighted by atomic mass is 79.9. The van der Waals surface area contributed by atoms with Gasteiger partial charge in [0.1, 0.15) is 5.60 Å². The summed E-state index contributed by atoms with van der Waals surface area (Å²) >= 11 is 3.51. The highest BCUT2D eigenvalue weighted by Gasteiger charge is 2.25. The molecule has 0 aliphatic heterocycles. The van der Waals surface area contributed by atoms with Gasteiger partial charge >= 0.3 is 5.97 Å². The lowest BCUT2D eigenvalue weighted by atomic mass is 9.81. The van der Waals surface area contributed by atoms with Gasteiger partial charge < -0.3 is 4.74 Å². The Morgan fingerprint density at radius 3 is 2.84 bits per heavy atom. The van der Waals surface area contributed by atoms with Gasteiger partial charge in [0.25, 0.3) is 0 Å².